The van der Waals surface area contributed by atoms with E-state index in [9.17, 15) is 18.0 Å². The first-order chi connectivity index (χ1) is 22.3. The quantitative estimate of drug-likeness (QED) is 0.200. The van der Waals surface area contributed by atoms with Crippen LogP contribution in [0.15, 0.2) is 114 Å². The molecule has 2 amide bonds. The maximum Gasteiger partial charge on any atom is 0.243 e. The Labute approximate surface area is 272 Å². The van der Waals surface area contributed by atoms with Crippen molar-refractivity contribution in [3.05, 3.63) is 131 Å². The fourth-order valence-corrected chi connectivity index (χ4v) is 7.20. The van der Waals surface area contributed by atoms with Crippen LogP contribution in [0.3, 0.4) is 0 Å². The number of amides is 2. The van der Waals surface area contributed by atoms with Crippen LogP contribution in [0.2, 0.25) is 0 Å². The number of aryl methyl sites for hydroxylation is 1. The van der Waals surface area contributed by atoms with Crippen molar-refractivity contribution in [2.45, 2.75) is 56.1 Å². The summed E-state index contributed by atoms with van der Waals surface area (Å²) in [7, 11) is -1.91. The van der Waals surface area contributed by atoms with Crippen LogP contribution >= 0.6 is 0 Å². The Kier molecular flexibility index (Phi) is 11.2. The van der Waals surface area contributed by atoms with Gasteiger partial charge in [-0.15, -0.1) is 0 Å². The highest BCUT2D eigenvalue weighted by molar-refractivity contribution is 7.89. The molecule has 46 heavy (non-hydrogen) atoms. The zero-order chi connectivity index (χ0) is 32.4. The van der Waals surface area contributed by atoms with E-state index in [0.717, 1.165) is 35.1 Å². The summed E-state index contributed by atoms with van der Waals surface area (Å²) >= 11 is 0. The number of sulfonamides is 1. The number of nitrogens with one attached hydrogen (secondary N) is 1. The fourth-order valence-electron chi connectivity index (χ4n) is 5.68. The third-order valence-corrected chi connectivity index (χ3v) is 10.3. The van der Waals surface area contributed by atoms with E-state index in [-0.39, 0.29) is 29.7 Å². The second-order valence-electron chi connectivity index (χ2n) is 11.5. The van der Waals surface area contributed by atoms with E-state index in [1.807, 2.05) is 84.9 Å². The molecule has 1 N–H and O–H groups in total. The van der Waals surface area contributed by atoms with Crippen molar-refractivity contribution >= 4 is 21.8 Å². The topological polar surface area (TPSA) is 96.0 Å². The Morgan fingerprint density at radius 3 is 1.98 bits per heavy atom. The van der Waals surface area contributed by atoms with E-state index in [2.05, 4.69) is 5.32 Å². The van der Waals surface area contributed by atoms with Gasteiger partial charge in [0.15, 0.2) is 0 Å². The number of nitrogens with zero attached hydrogens (tertiary/aromatic N) is 2. The first-order valence-corrected chi connectivity index (χ1v) is 17.1. The zero-order valence-electron chi connectivity index (χ0n) is 26.2. The van der Waals surface area contributed by atoms with Gasteiger partial charge in [-0.25, -0.2) is 8.42 Å². The van der Waals surface area contributed by atoms with E-state index in [1.54, 1.807) is 36.3 Å². The van der Waals surface area contributed by atoms with Crippen molar-refractivity contribution < 1.29 is 22.7 Å². The van der Waals surface area contributed by atoms with Gasteiger partial charge in [-0.1, -0.05) is 84.9 Å². The first kappa shape index (κ1) is 32.9. The van der Waals surface area contributed by atoms with Crippen molar-refractivity contribution in [1.82, 2.24) is 14.5 Å². The summed E-state index contributed by atoms with van der Waals surface area (Å²) in [4.78, 5) is 29.9. The molecular formula is C37H41N3O5S. The number of hydrogen-bond acceptors (Lipinski definition) is 5. The number of ether oxygens (including phenoxy) is 1. The molecule has 0 spiro atoms. The van der Waals surface area contributed by atoms with Gasteiger partial charge in [-0.3, -0.25) is 9.59 Å². The molecule has 4 aromatic carbocycles. The van der Waals surface area contributed by atoms with E-state index in [1.165, 1.54) is 4.31 Å². The molecule has 1 aliphatic rings. The van der Waals surface area contributed by atoms with Crippen LogP contribution < -0.4 is 10.1 Å². The lowest BCUT2D eigenvalue weighted by atomic mass is 10.0. The van der Waals surface area contributed by atoms with E-state index in [4.69, 9.17) is 4.74 Å². The third kappa shape index (κ3) is 8.62. The molecule has 1 aliphatic heterocycles. The van der Waals surface area contributed by atoms with Crippen LogP contribution in [0.5, 0.6) is 5.75 Å². The molecule has 0 saturated carbocycles. The highest BCUT2D eigenvalue weighted by Gasteiger charge is 2.31. The van der Waals surface area contributed by atoms with Gasteiger partial charge in [0.25, 0.3) is 0 Å². The molecule has 1 saturated heterocycles. The Hall–Kier alpha value is -4.47. The predicted molar refractivity (Wildman–Crippen MR) is 179 cm³/mol. The number of benzene rings is 4. The Balaban J connectivity index is 1.37. The summed E-state index contributed by atoms with van der Waals surface area (Å²) in [6.07, 6.45) is 2.67. The highest BCUT2D eigenvalue weighted by Crippen LogP contribution is 2.23. The molecule has 1 fully saturated rings. The van der Waals surface area contributed by atoms with Crippen molar-refractivity contribution in [1.29, 1.82) is 0 Å². The van der Waals surface area contributed by atoms with Gasteiger partial charge >= 0.3 is 0 Å². The van der Waals surface area contributed by atoms with Crippen molar-refractivity contribution in [2.75, 3.05) is 20.2 Å². The second-order valence-corrected chi connectivity index (χ2v) is 13.5. The normalized spacial score (nSPS) is 14.0. The minimum absolute atomic E-state index is 0.158. The molecule has 0 unspecified atom stereocenters. The molecule has 1 heterocycles. The molecule has 5 rings (SSSR count). The predicted octanol–water partition coefficient (Wildman–Crippen LogP) is 5.37. The van der Waals surface area contributed by atoms with Crippen LogP contribution in [0.1, 0.15) is 41.5 Å². The maximum atomic E-state index is 14.1. The Bertz CT molecular complexity index is 1670. The summed E-state index contributed by atoms with van der Waals surface area (Å²) < 4.78 is 32.8. The molecule has 1 atom stereocenters. The summed E-state index contributed by atoms with van der Waals surface area (Å²) in [5.74, 6) is 0.310. The van der Waals surface area contributed by atoms with Gasteiger partial charge in [-0.05, 0) is 65.8 Å². The first-order valence-electron chi connectivity index (χ1n) is 15.7. The standard InChI is InChI=1S/C37H41N3O5S/c1-45-33-19-14-32(15-20-33)28-40(35(26-30-10-4-2-5-11-30)37(42)38-27-31-12-6-3-7-13-31)36(41)23-18-29-16-21-34(22-17-29)46(43,44)39-24-8-9-25-39/h2-7,10-17,19-22,35H,8-9,18,23-28H2,1H3,(H,38,42)/t35-/m0/s1. The lowest BCUT2D eigenvalue weighted by Crippen LogP contribution is -2.50. The number of hydrogen-bond donors (Lipinski definition) is 1. The molecule has 0 aliphatic carbocycles. The van der Waals surface area contributed by atoms with Crippen LogP contribution in [0.25, 0.3) is 0 Å². The molecule has 0 radical (unpaired) electrons. The van der Waals surface area contributed by atoms with Gasteiger partial charge < -0.3 is 15.0 Å². The minimum Gasteiger partial charge on any atom is -0.497 e. The second kappa shape index (κ2) is 15.7. The molecule has 8 nitrogen and oxygen atoms in total. The molecule has 0 aromatic heterocycles. The van der Waals surface area contributed by atoms with Gasteiger partial charge in [-0.2, -0.15) is 4.31 Å². The number of carbonyl (C=O) groups excluding carboxylic acids is 2. The Morgan fingerprint density at radius 2 is 1.37 bits per heavy atom. The lowest BCUT2D eigenvalue weighted by Gasteiger charge is -2.32. The smallest absolute Gasteiger partial charge is 0.243 e. The largest absolute Gasteiger partial charge is 0.497 e. The summed E-state index contributed by atoms with van der Waals surface area (Å²) in [6, 6.07) is 32.9. The SMILES string of the molecule is COc1ccc(CN(C(=O)CCc2ccc(S(=O)(=O)N3CCCC3)cc2)[C@@H](Cc2ccccc2)C(=O)NCc2ccccc2)cc1. The van der Waals surface area contributed by atoms with E-state index < -0.39 is 16.1 Å². The van der Waals surface area contributed by atoms with E-state index >= 15 is 0 Å². The number of methoxy groups -OCH3 is 1. The van der Waals surface area contributed by atoms with Gasteiger partial charge in [0.05, 0.1) is 12.0 Å². The molecular weight excluding hydrogens is 598 g/mol. The molecule has 9 heteroatoms. The number of carbonyl (C=O) groups is 2. The van der Waals surface area contributed by atoms with Crippen LogP contribution in [-0.4, -0.2) is 55.7 Å². The van der Waals surface area contributed by atoms with Crippen LogP contribution in [-0.2, 0) is 45.5 Å². The van der Waals surface area contributed by atoms with Crippen LogP contribution in [0, 0.1) is 0 Å². The van der Waals surface area contributed by atoms with Gasteiger partial charge in [0, 0.05) is 39.0 Å². The maximum absolute atomic E-state index is 14.1. The summed E-state index contributed by atoms with van der Waals surface area (Å²) in [5.41, 5.74) is 3.65. The van der Waals surface area contributed by atoms with Crippen molar-refractivity contribution in [3.8, 4) is 5.75 Å². The third-order valence-electron chi connectivity index (χ3n) is 8.35. The zero-order valence-corrected chi connectivity index (χ0v) is 27.0. The molecule has 0 bridgehead atoms. The van der Waals surface area contributed by atoms with Crippen molar-refractivity contribution in [3.63, 3.8) is 0 Å². The average Bonchev–Trinajstić information content (AvgIpc) is 3.66. The average molecular weight is 640 g/mol. The molecule has 240 valence electrons. The van der Waals surface area contributed by atoms with Crippen molar-refractivity contribution in [2.24, 2.45) is 0 Å². The lowest BCUT2D eigenvalue weighted by molar-refractivity contribution is -0.141. The molecule has 4 aromatic rings. The van der Waals surface area contributed by atoms with Crippen LogP contribution in [0.4, 0.5) is 0 Å². The van der Waals surface area contributed by atoms with Gasteiger partial charge in [0.2, 0.25) is 21.8 Å². The van der Waals surface area contributed by atoms with Gasteiger partial charge in [0.1, 0.15) is 11.8 Å². The number of rotatable bonds is 14. The minimum atomic E-state index is -3.51. The monoisotopic (exact) mass is 639 g/mol. The fraction of sp³-hybridized carbons (Fsp3) is 0.297. The summed E-state index contributed by atoms with van der Waals surface area (Å²) in [6.45, 7) is 1.69. The highest BCUT2D eigenvalue weighted by atomic mass is 32.2. The summed E-state index contributed by atoms with van der Waals surface area (Å²) in [5, 5.41) is 3.06. The van der Waals surface area contributed by atoms with E-state index in [0.29, 0.717) is 38.2 Å². The Morgan fingerprint density at radius 1 is 0.783 bits per heavy atom.